The fourth-order valence-corrected chi connectivity index (χ4v) is 5.02. The zero-order valence-corrected chi connectivity index (χ0v) is 20.1. The van der Waals surface area contributed by atoms with Crippen LogP contribution < -0.4 is 4.74 Å². The second kappa shape index (κ2) is 8.68. The molecule has 2 unspecified atom stereocenters. The van der Waals surface area contributed by atoms with Crippen molar-refractivity contribution in [3.05, 3.63) is 75.1 Å². The number of alkyl halides is 2. The monoisotopic (exact) mass is 456 g/mol. The highest BCUT2D eigenvalue weighted by molar-refractivity contribution is 5.91. The highest BCUT2D eigenvalue weighted by Crippen LogP contribution is 2.41. The van der Waals surface area contributed by atoms with Crippen LogP contribution in [0, 0.1) is 46.4 Å². The van der Waals surface area contributed by atoms with Gasteiger partial charge in [-0.15, -0.1) is 0 Å². The van der Waals surface area contributed by atoms with Crippen molar-refractivity contribution in [3.8, 4) is 5.75 Å². The Kier molecular flexibility index (Phi) is 6.21. The first-order chi connectivity index (χ1) is 15.5. The van der Waals surface area contributed by atoms with Crippen molar-refractivity contribution in [2.24, 2.45) is 5.92 Å². The SMILES string of the molecule is Cc1cc(OC(F)(F)c2c(C)cc3cc(C4CCC(C)CO4)cc(C)c3c2C)cc(F)c1C. The summed E-state index contributed by atoms with van der Waals surface area (Å²) in [5, 5.41) is 1.71. The smallest absolute Gasteiger partial charge is 0.427 e. The van der Waals surface area contributed by atoms with Gasteiger partial charge < -0.3 is 9.47 Å². The van der Waals surface area contributed by atoms with Crippen LogP contribution in [-0.4, -0.2) is 6.61 Å². The first-order valence-electron chi connectivity index (χ1n) is 11.5. The van der Waals surface area contributed by atoms with Crippen molar-refractivity contribution in [1.82, 2.24) is 0 Å². The fraction of sp³-hybridized carbons (Fsp3) is 0.429. The van der Waals surface area contributed by atoms with E-state index in [1.165, 1.54) is 6.07 Å². The molecule has 0 bridgehead atoms. The Morgan fingerprint density at radius 1 is 0.879 bits per heavy atom. The van der Waals surface area contributed by atoms with Crippen LogP contribution in [0.1, 0.15) is 64.8 Å². The summed E-state index contributed by atoms with van der Waals surface area (Å²) in [7, 11) is 0. The molecule has 1 saturated heterocycles. The molecule has 1 fully saturated rings. The average molecular weight is 457 g/mol. The van der Waals surface area contributed by atoms with Crippen molar-refractivity contribution >= 4 is 10.8 Å². The van der Waals surface area contributed by atoms with Crippen molar-refractivity contribution in [3.63, 3.8) is 0 Å². The van der Waals surface area contributed by atoms with E-state index in [0.717, 1.165) is 47.4 Å². The number of aryl methyl sites for hydroxylation is 4. The molecule has 3 aromatic rings. The van der Waals surface area contributed by atoms with Crippen LogP contribution in [0.25, 0.3) is 10.8 Å². The Bertz CT molecular complexity index is 1180. The van der Waals surface area contributed by atoms with E-state index in [1.54, 1.807) is 33.8 Å². The molecule has 0 saturated carbocycles. The predicted molar refractivity (Wildman–Crippen MR) is 126 cm³/mol. The van der Waals surface area contributed by atoms with Gasteiger partial charge in [0.1, 0.15) is 11.6 Å². The van der Waals surface area contributed by atoms with Crippen molar-refractivity contribution < 1.29 is 22.6 Å². The molecule has 0 radical (unpaired) electrons. The van der Waals surface area contributed by atoms with Gasteiger partial charge in [-0.3, -0.25) is 0 Å². The van der Waals surface area contributed by atoms with Gasteiger partial charge in [0.05, 0.1) is 11.7 Å². The largest absolute Gasteiger partial charge is 0.429 e. The van der Waals surface area contributed by atoms with E-state index in [2.05, 4.69) is 13.0 Å². The molecule has 4 rings (SSSR count). The summed E-state index contributed by atoms with van der Waals surface area (Å²) in [6.45, 7) is 11.5. The summed E-state index contributed by atoms with van der Waals surface area (Å²) in [5.41, 5.74) is 3.74. The number of hydrogen-bond acceptors (Lipinski definition) is 2. The summed E-state index contributed by atoms with van der Waals surface area (Å²) < 4.78 is 56.1. The highest BCUT2D eigenvalue weighted by Gasteiger charge is 2.39. The van der Waals surface area contributed by atoms with Crippen LogP contribution in [0.15, 0.2) is 30.3 Å². The zero-order chi connectivity index (χ0) is 24.1. The van der Waals surface area contributed by atoms with Gasteiger partial charge in [-0.05, 0) is 110 Å². The van der Waals surface area contributed by atoms with Gasteiger partial charge in [0.2, 0.25) is 0 Å². The van der Waals surface area contributed by atoms with E-state index >= 15 is 8.78 Å². The lowest BCUT2D eigenvalue weighted by Crippen LogP contribution is -2.25. The van der Waals surface area contributed by atoms with Crippen LogP contribution in [0.3, 0.4) is 0 Å². The zero-order valence-electron chi connectivity index (χ0n) is 20.1. The Balaban J connectivity index is 1.75. The second-order valence-corrected chi connectivity index (χ2v) is 9.60. The first-order valence-corrected chi connectivity index (χ1v) is 11.5. The average Bonchev–Trinajstić information content (AvgIpc) is 2.71. The molecule has 0 spiro atoms. The molecular weight excluding hydrogens is 425 g/mol. The van der Waals surface area contributed by atoms with E-state index in [-0.39, 0.29) is 17.4 Å². The molecule has 0 N–H and O–H groups in total. The lowest BCUT2D eigenvalue weighted by atomic mass is 9.88. The number of fused-ring (bicyclic) bond motifs is 1. The van der Waals surface area contributed by atoms with Crippen molar-refractivity contribution in [2.75, 3.05) is 6.61 Å². The minimum Gasteiger partial charge on any atom is -0.429 e. The standard InChI is InChI=1S/C28H31F3O2/c1-15-7-8-25(32-14-15)21-9-17(3)26-20(6)27(18(4)10-22(26)12-21)28(30,31)33-23-11-16(2)19(5)24(29)13-23/h9-13,15,25H,7-8,14H2,1-6H3. The summed E-state index contributed by atoms with van der Waals surface area (Å²) in [6, 6.07) is 8.36. The van der Waals surface area contributed by atoms with Gasteiger partial charge in [-0.25, -0.2) is 4.39 Å². The van der Waals surface area contributed by atoms with Crippen molar-refractivity contribution in [1.29, 1.82) is 0 Å². The van der Waals surface area contributed by atoms with E-state index in [4.69, 9.17) is 9.47 Å². The second-order valence-electron chi connectivity index (χ2n) is 9.60. The van der Waals surface area contributed by atoms with Gasteiger partial charge in [0.25, 0.3) is 0 Å². The maximum absolute atomic E-state index is 15.4. The van der Waals surface area contributed by atoms with Crippen molar-refractivity contribution in [2.45, 2.75) is 66.6 Å². The number of ether oxygens (including phenoxy) is 2. The highest BCUT2D eigenvalue weighted by atomic mass is 19.3. The molecule has 3 aromatic carbocycles. The first kappa shape index (κ1) is 23.6. The Hall–Kier alpha value is -2.53. The van der Waals surface area contributed by atoms with Crippen LogP contribution >= 0.6 is 0 Å². The minimum atomic E-state index is -3.61. The molecule has 1 aliphatic heterocycles. The van der Waals surface area contributed by atoms with Crippen LogP contribution in [0.2, 0.25) is 0 Å². The van der Waals surface area contributed by atoms with Gasteiger partial charge in [0.15, 0.2) is 0 Å². The third kappa shape index (κ3) is 4.48. The topological polar surface area (TPSA) is 18.5 Å². The number of hydrogen-bond donors (Lipinski definition) is 0. The third-order valence-electron chi connectivity index (χ3n) is 6.89. The molecule has 2 atom stereocenters. The molecule has 176 valence electrons. The number of halogens is 3. The fourth-order valence-electron chi connectivity index (χ4n) is 5.02. The van der Waals surface area contributed by atoms with E-state index in [0.29, 0.717) is 28.2 Å². The Morgan fingerprint density at radius 2 is 1.61 bits per heavy atom. The lowest BCUT2D eigenvalue weighted by Gasteiger charge is -2.28. The van der Waals surface area contributed by atoms with Crippen LogP contribution in [0.5, 0.6) is 5.75 Å². The Morgan fingerprint density at radius 3 is 2.24 bits per heavy atom. The van der Waals surface area contributed by atoms with Gasteiger partial charge in [-0.1, -0.05) is 19.1 Å². The van der Waals surface area contributed by atoms with E-state index in [1.807, 2.05) is 13.0 Å². The van der Waals surface area contributed by atoms with Crippen LogP contribution in [-0.2, 0) is 10.8 Å². The molecular formula is C28H31F3O2. The number of benzene rings is 3. The maximum atomic E-state index is 15.4. The maximum Gasteiger partial charge on any atom is 0.427 e. The molecule has 0 amide bonds. The molecule has 1 heterocycles. The van der Waals surface area contributed by atoms with E-state index < -0.39 is 11.9 Å². The van der Waals surface area contributed by atoms with Crippen LogP contribution in [0.4, 0.5) is 13.2 Å². The summed E-state index contributed by atoms with van der Waals surface area (Å²) in [5.74, 6) is -0.187. The van der Waals surface area contributed by atoms with Gasteiger partial charge in [0, 0.05) is 12.7 Å². The summed E-state index contributed by atoms with van der Waals surface area (Å²) >= 11 is 0. The predicted octanol–water partition coefficient (Wildman–Crippen LogP) is 8.14. The summed E-state index contributed by atoms with van der Waals surface area (Å²) in [6.07, 6.45) is -1.50. The normalized spacial score (nSPS) is 19.2. The molecule has 33 heavy (non-hydrogen) atoms. The number of rotatable bonds is 4. The molecule has 0 aliphatic carbocycles. The molecule has 0 aromatic heterocycles. The minimum absolute atomic E-state index is 0.0361. The lowest BCUT2D eigenvalue weighted by molar-refractivity contribution is -0.186. The molecule has 5 heteroatoms. The van der Waals surface area contributed by atoms with Gasteiger partial charge >= 0.3 is 6.11 Å². The molecule has 2 nitrogen and oxygen atoms in total. The Labute approximate surface area is 193 Å². The van der Waals surface area contributed by atoms with E-state index in [9.17, 15) is 4.39 Å². The molecule has 1 aliphatic rings. The van der Waals surface area contributed by atoms with Gasteiger partial charge in [-0.2, -0.15) is 8.78 Å². The quantitative estimate of drug-likeness (QED) is 0.394. The summed E-state index contributed by atoms with van der Waals surface area (Å²) in [4.78, 5) is 0. The third-order valence-corrected chi connectivity index (χ3v) is 6.89.